The third kappa shape index (κ3) is 4.77. The van der Waals surface area contributed by atoms with E-state index in [1.165, 1.54) is 19.2 Å². The molecule has 0 aliphatic carbocycles. The van der Waals surface area contributed by atoms with Gasteiger partial charge >= 0.3 is 5.97 Å². The molecule has 0 unspecified atom stereocenters. The molecule has 1 aromatic carbocycles. The lowest BCUT2D eigenvalue weighted by Crippen LogP contribution is -2.20. The van der Waals surface area contributed by atoms with E-state index in [2.05, 4.69) is 4.98 Å². The largest absolute Gasteiger partial charge is 0.491 e. The third-order valence-corrected chi connectivity index (χ3v) is 4.99. The van der Waals surface area contributed by atoms with Gasteiger partial charge in [-0.2, -0.15) is 0 Å². The highest BCUT2D eigenvalue weighted by Crippen LogP contribution is 2.35. The van der Waals surface area contributed by atoms with E-state index in [0.29, 0.717) is 32.1 Å². The maximum atomic E-state index is 12.2. The summed E-state index contributed by atoms with van der Waals surface area (Å²) in [6.45, 7) is 2.18. The van der Waals surface area contributed by atoms with Gasteiger partial charge in [-0.05, 0) is 26.9 Å². The predicted molar refractivity (Wildman–Crippen MR) is 108 cm³/mol. The van der Waals surface area contributed by atoms with Gasteiger partial charge in [-0.15, -0.1) is 0 Å². The minimum absolute atomic E-state index is 0.0134. The van der Waals surface area contributed by atoms with Crippen molar-refractivity contribution in [1.29, 1.82) is 0 Å². The summed E-state index contributed by atoms with van der Waals surface area (Å²) in [4.78, 5) is 30.0. The average Bonchev–Trinajstić information content (AvgIpc) is 3.22. The highest BCUT2D eigenvalue weighted by Gasteiger charge is 2.28. The molecule has 1 aliphatic heterocycles. The quantitative estimate of drug-likeness (QED) is 0.365. The van der Waals surface area contributed by atoms with Crippen LogP contribution >= 0.6 is 0 Å². The van der Waals surface area contributed by atoms with Gasteiger partial charge < -0.3 is 19.1 Å². The Bertz CT molecular complexity index is 905. The standard InChI is InChI=1S/C20H26N4O6/c1-22(2)8-11-30-18-13-16(17(24(26)27)12-15(18)20(25)28-3)23-7-6-21-19(23)14-4-9-29-10-5-14/h6-7,12-14H,4-5,8-11H2,1-3H3. The SMILES string of the molecule is COC(=O)c1cc([N+](=O)[O-])c(-n2ccnc2C2CCOCC2)cc1OCCN(C)C. The minimum Gasteiger partial charge on any atom is -0.491 e. The van der Waals surface area contributed by atoms with Crippen LogP contribution in [0, 0.1) is 10.1 Å². The second-order valence-corrected chi connectivity index (χ2v) is 7.28. The molecule has 162 valence electrons. The number of rotatable bonds is 8. The van der Waals surface area contributed by atoms with E-state index >= 15 is 0 Å². The van der Waals surface area contributed by atoms with Crippen LogP contribution < -0.4 is 4.74 Å². The lowest BCUT2D eigenvalue weighted by atomic mass is 9.99. The molecule has 30 heavy (non-hydrogen) atoms. The van der Waals surface area contributed by atoms with Crippen LogP contribution in [-0.2, 0) is 9.47 Å². The molecule has 0 saturated carbocycles. The van der Waals surface area contributed by atoms with Crippen molar-refractivity contribution in [1.82, 2.24) is 14.5 Å². The first-order valence-electron chi connectivity index (χ1n) is 9.72. The molecule has 0 N–H and O–H groups in total. The van der Waals surface area contributed by atoms with Crippen LogP contribution in [0.5, 0.6) is 5.75 Å². The van der Waals surface area contributed by atoms with Crippen molar-refractivity contribution >= 4 is 11.7 Å². The molecular weight excluding hydrogens is 392 g/mol. The Kier molecular flexibility index (Phi) is 7.01. The van der Waals surface area contributed by atoms with E-state index in [4.69, 9.17) is 14.2 Å². The van der Waals surface area contributed by atoms with Crippen molar-refractivity contribution in [2.45, 2.75) is 18.8 Å². The van der Waals surface area contributed by atoms with Crippen molar-refractivity contribution in [3.63, 3.8) is 0 Å². The zero-order valence-corrected chi connectivity index (χ0v) is 17.4. The number of hydrogen-bond acceptors (Lipinski definition) is 8. The van der Waals surface area contributed by atoms with Gasteiger partial charge in [0, 0.05) is 50.2 Å². The van der Waals surface area contributed by atoms with E-state index in [1.807, 2.05) is 19.0 Å². The molecule has 1 aromatic heterocycles. The third-order valence-electron chi connectivity index (χ3n) is 4.99. The summed E-state index contributed by atoms with van der Waals surface area (Å²) in [5.74, 6) is 0.397. The van der Waals surface area contributed by atoms with Crippen molar-refractivity contribution in [3.8, 4) is 11.4 Å². The number of benzene rings is 1. The molecule has 0 amide bonds. The second-order valence-electron chi connectivity index (χ2n) is 7.28. The van der Waals surface area contributed by atoms with Crippen LogP contribution in [0.4, 0.5) is 5.69 Å². The fourth-order valence-electron chi connectivity index (χ4n) is 3.40. The highest BCUT2D eigenvalue weighted by atomic mass is 16.6. The summed E-state index contributed by atoms with van der Waals surface area (Å²) in [5.41, 5.74) is 0.0904. The molecule has 2 heterocycles. The number of carbonyl (C=O) groups excluding carboxylic acids is 1. The summed E-state index contributed by atoms with van der Waals surface area (Å²) in [6.07, 6.45) is 4.89. The van der Waals surface area contributed by atoms with Gasteiger partial charge in [0.1, 0.15) is 29.4 Å². The zero-order valence-electron chi connectivity index (χ0n) is 17.4. The lowest BCUT2D eigenvalue weighted by Gasteiger charge is -2.23. The van der Waals surface area contributed by atoms with Gasteiger partial charge in [-0.3, -0.25) is 14.7 Å². The molecule has 1 fully saturated rings. The van der Waals surface area contributed by atoms with Crippen molar-refractivity contribution < 1.29 is 23.9 Å². The number of esters is 1. The van der Waals surface area contributed by atoms with Crippen molar-refractivity contribution in [2.75, 3.05) is 47.6 Å². The maximum Gasteiger partial charge on any atom is 0.341 e. The van der Waals surface area contributed by atoms with E-state index in [0.717, 1.165) is 18.7 Å². The Balaban J connectivity index is 2.08. The Hall–Kier alpha value is -2.98. The Morgan fingerprint density at radius 2 is 2.10 bits per heavy atom. The van der Waals surface area contributed by atoms with Gasteiger partial charge in [-0.25, -0.2) is 9.78 Å². The Labute approximate surface area is 174 Å². The van der Waals surface area contributed by atoms with Crippen LogP contribution in [-0.4, -0.2) is 72.9 Å². The van der Waals surface area contributed by atoms with Gasteiger partial charge in [0.05, 0.1) is 12.0 Å². The molecule has 0 atom stereocenters. The first-order chi connectivity index (χ1) is 14.4. The summed E-state index contributed by atoms with van der Waals surface area (Å²) in [5, 5.41) is 11.8. The normalized spacial score (nSPS) is 14.7. The smallest absolute Gasteiger partial charge is 0.341 e. The number of nitro groups is 1. The summed E-state index contributed by atoms with van der Waals surface area (Å²) in [7, 11) is 5.03. The van der Waals surface area contributed by atoms with E-state index in [-0.39, 0.29) is 22.9 Å². The number of methoxy groups -OCH3 is 1. The van der Waals surface area contributed by atoms with Crippen LogP contribution in [0.1, 0.15) is 34.9 Å². The number of carbonyl (C=O) groups is 1. The molecule has 10 heteroatoms. The number of likely N-dealkylation sites (N-methyl/N-ethyl adjacent to an activating group) is 1. The second kappa shape index (κ2) is 9.68. The number of imidazole rings is 1. The minimum atomic E-state index is -0.695. The molecule has 0 radical (unpaired) electrons. The van der Waals surface area contributed by atoms with E-state index in [1.54, 1.807) is 17.0 Å². The summed E-state index contributed by atoms with van der Waals surface area (Å²) >= 11 is 0. The first-order valence-corrected chi connectivity index (χ1v) is 9.72. The molecule has 3 rings (SSSR count). The molecule has 1 saturated heterocycles. The lowest BCUT2D eigenvalue weighted by molar-refractivity contribution is -0.384. The van der Waals surface area contributed by atoms with Crippen LogP contribution in [0.15, 0.2) is 24.5 Å². The maximum absolute atomic E-state index is 12.2. The average molecular weight is 418 g/mol. The number of aromatic nitrogens is 2. The number of ether oxygens (including phenoxy) is 3. The Morgan fingerprint density at radius 1 is 1.37 bits per heavy atom. The Morgan fingerprint density at radius 3 is 2.73 bits per heavy atom. The molecule has 0 bridgehead atoms. The fourth-order valence-corrected chi connectivity index (χ4v) is 3.40. The van der Waals surface area contributed by atoms with Gasteiger partial charge in [0.25, 0.3) is 5.69 Å². The molecule has 2 aromatic rings. The van der Waals surface area contributed by atoms with Gasteiger partial charge in [0.15, 0.2) is 0 Å². The fraction of sp³-hybridized carbons (Fsp3) is 0.500. The van der Waals surface area contributed by atoms with Gasteiger partial charge in [0.2, 0.25) is 0 Å². The van der Waals surface area contributed by atoms with Gasteiger partial charge in [-0.1, -0.05) is 0 Å². The van der Waals surface area contributed by atoms with E-state index < -0.39 is 10.9 Å². The number of nitro benzene ring substituents is 1. The van der Waals surface area contributed by atoms with Crippen LogP contribution in [0.25, 0.3) is 5.69 Å². The van der Waals surface area contributed by atoms with E-state index in [9.17, 15) is 14.9 Å². The number of nitrogens with zero attached hydrogens (tertiary/aromatic N) is 4. The number of hydrogen-bond donors (Lipinski definition) is 0. The molecule has 10 nitrogen and oxygen atoms in total. The van der Waals surface area contributed by atoms with Crippen LogP contribution in [0.2, 0.25) is 0 Å². The molecule has 0 spiro atoms. The predicted octanol–water partition coefficient (Wildman–Crippen LogP) is 2.40. The topological polar surface area (TPSA) is 109 Å². The monoisotopic (exact) mass is 418 g/mol. The van der Waals surface area contributed by atoms with Crippen molar-refractivity contribution in [3.05, 3.63) is 46.0 Å². The molecular formula is C20H26N4O6. The van der Waals surface area contributed by atoms with Crippen LogP contribution in [0.3, 0.4) is 0 Å². The highest BCUT2D eigenvalue weighted by molar-refractivity contribution is 5.94. The first kappa shape index (κ1) is 21.7. The van der Waals surface area contributed by atoms with Crippen molar-refractivity contribution in [2.24, 2.45) is 0 Å². The molecule has 1 aliphatic rings. The zero-order chi connectivity index (χ0) is 21.7. The summed E-state index contributed by atoms with van der Waals surface area (Å²) < 4.78 is 17.7. The summed E-state index contributed by atoms with van der Waals surface area (Å²) in [6, 6.07) is 2.73.